The van der Waals surface area contributed by atoms with Crippen LogP contribution in [0.3, 0.4) is 0 Å². The van der Waals surface area contributed by atoms with Crippen LogP contribution in [-0.2, 0) is 16.6 Å². The number of nitrogens with zero attached hydrogens (tertiary/aromatic N) is 1. The number of carbonyl (C=O) groups excluding carboxylic acids is 1. The van der Waals surface area contributed by atoms with Crippen molar-refractivity contribution in [1.29, 1.82) is 0 Å². The third-order valence-corrected chi connectivity index (χ3v) is 4.06. The Morgan fingerprint density at radius 3 is 2.55 bits per heavy atom. The Balaban J connectivity index is 2.25. The van der Waals surface area contributed by atoms with E-state index in [2.05, 4.69) is 29.7 Å². The fourth-order valence-electron chi connectivity index (χ4n) is 2.97. The van der Waals surface area contributed by atoms with Gasteiger partial charge in [0.25, 0.3) is 0 Å². The predicted molar refractivity (Wildman–Crippen MR) is 88.0 cm³/mol. The van der Waals surface area contributed by atoms with Gasteiger partial charge in [-0.2, -0.15) is 0 Å². The second-order valence-electron chi connectivity index (χ2n) is 5.58. The Kier molecular flexibility index (Phi) is 3.72. The first-order valence-electron chi connectivity index (χ1n) is 7.30. The predicted octanol–water partition coefficient (Wildman–Crippen LogP) is 3.79. The monoisotopic (exact) mass is 293 g/mol. The molecule has 0 fully saturated rings. The van der Waals surface area contributed by atoms with E-state index in [0.717, 1.165) is 22.0 Å². The van der Waals surface area contributed by atoms with Gasteiger partial charge in [0.05, 0.1) is 7.11 Å². The van der Waals surface area contributed by atoms with Crippen molar-refractivity contribution < 1.29 is 9.53 Å². The quantitative estimate of drug-likeness (QED) is 0.688. The van der Waals surface area contributed by atoms with Crippen molar-refractivity contribution in [2.45, 2.75) is 12.8 Å². The zero-order valence-corrected chi connectivity index (χ0v) is 13.0. The van der Waals surface area contributed by atoms with Gasteiger partial charge in [-0.3, -0.25) is 4.79 Å². The number of rotatable bonds is 3. The van der Waals surface area contributed by atoms with Gasteiger partial charge in [0.1, 0.15) is 5.92 Å². The van der Waals surface area contributed by atoms with Gasteiger partial charge in [-0.05, 0) is 30.2 Å². The van der Waals surface area contributed by atoms with E-state index in [9.17, 15) is 4.79 Å². The lowest BCUT2D eigenvalue weighted by atomic mass is 9.91. The molecule has 1 heterocycles. The molecule has 0 spiro atoms. The summed E-state index contributed by atoms with van der Waals surface area (Å²) >= 11 is 0. The average Bonchev–Trinajstić information content (AvgIpc) is 2.84. The van der Waals surface area contributed by atoms with Crippen molar-refractivity contribution in [2.75, 3.05) is 7.11 Å². The molecule has 0 N–H and O–H groups in total. The molecule has 0 radical (unpaired) electrons. The summed E-state index contributed by atoms with van der Waals surface area (Å²) in [6.07, 6.45) is 2.03. The van der Waals surface area contributed by atoms with Crippen LogP contribution >= 0.6 is 0 Å². The molecule has 0 bridgehead atoms. The van der Waals surface area contributed by atoms with Gasteiger partial charge in [-0.1, -0.05) is 42.0 Å². The number of esters is 1. The van der Waals surface area contributed by atoms with Crippen LogP contribution < -0.4 is 0 Å². The number of carbonyl (C=O) groups is 1. The van der Waals surface area contributed by atoms with Crippen LogP contribution in [0.1, 0.15) is 22.6 Å². The molecular weight excluding hydrogens is 274 g/mol. The second kappa shape index (κ2) is 5.68. The van der Waals surface area contributed by atoms with E-state index < -0.39 is 5.92 Å². The molecular formula is C19H19NO2. The molecule has 3 aromatic rings. The van der Waals surface area contributed by atoms with Crippen molar-refractivity contribution in [2.24, 2.45) is 7.05 Å². The Labute approximate surface area is 130 Å². The van der Waals surface area contributed by atoms with Crippen LogP contribution in [0.4, 0.5) is 0 Å². The van der Waals surface area contributed by atoms with E-state index >= 15 is 0 Å². The van der Waals surface area contributed by atoms with E-state index in [1.807, 2.05) is 43.6 Å². The lowest BCUT2D eigenvalue weighted by molar-refractivity contribution is -0.141. The molecule has 1 unspecified atom stereocenters. The minimum Gasteiger partial charge on any atom is -0.468 e. The Bertz CT molecular complexity index is 818. The fourth-order valence-corrected chi connectivity index (χ4v) is 2.97. The van der Waals surface area contributed by atoms with Crippen LogP contribution in [0.15, 0.2) is 54.7 Å². The minimum atomic E-state index is -0.406. The van der Waals surface area contributed by atoms with Crippen LogP contribution in [0.25, 0.3) is 10.9 Å². The van der Waals surface area contributed by atoms with Gasteiger partial charge in [0.2, 0.25) is 0 Å². The zero-order valence-electron chi connectivity index (χ0n) is 13.0. The number of ether oxygens (including phenoxy) is 1. The molecule has 2 aromatic carbocycles. The lowest BCUT2D eigenvalue weighted by Gasteiger charge is -2.14. The van der Waals surface area contributed by atoms with Gasteiger partial charge in [0.15, 0.2) is 0 Å². The van der Waals surface area contributed by atoms with Gasteiger partial charge in [-0.15, -0.1) is 0 Å². The first-order chi connectivity index (χ1) is 10.6. The van der Waals surface area contributed by atoms with Crippen molar-refractivity contribution in [3.05, 3.63) is 71.4 Å². The maximum Gasteiger partial charge on any atom is 0.317 e. The van der Waals surface area contributed by atoms with E-state index in [1.54, 1.807) is 0 Å². The molecule has 3 heteroatoms. The van der Waals surface area contributed by atoms with Crippen molar-refractivity contribution >= 4 is 16.9 Å². The van der Waals surface area contributed by atoms with Crippen molar-refractivity contribution in [3.63, 3.8) is 0 Å². The smallest absolute Gasteiger partial charge is 0.317 e. The maximum absolute atomic E-state index is 12.4. The summed E-state index contributed by atoms with van der Waals surface area (Å²) in [6.45, 7) is 2.06. The highest BCUT2D eigenvalue weighted by atomic mass is 16.5. The van der Waals surface area contributed by atoms with Crippen LogP contribution in [0.2, 0.25) is 0 Å². The lowest BCUT2D eigenvalue weighted by Crippen LogP contribution is -2.15. The summed E-state index contributed by atoms with van der Waals surface area (Å²) in [6, 6.07) is 16.1. The first-order valence-corrected chi connectivity index (χ1v) is 7.30. The fraction of sp³-hybridized carbons (Fsp3) is 0.211. The van der Waals surface area contributed by atoms with Gasteiger partial charge in [-0.25, -0.2) is 0 Å². The van der Waals surface area contributed by atoms with Gasteiger partial charge >= 0.3 is 5.97 Å². The third-order valence-electron chi connectivity index (χ3n) is 4.06. The molecule has 1 aromatic heterocycles. The van der Waals surface area contributed by atoms with E-state index in [-0.39, 0.29) is 5.97 Å². The average molecular weight is 293 g/mol. The molecule has 112 valence electrons. The summed E-state index contributed by atoms with van der Waals surface area (Å²) in [4.78, 5) is 12.4. The zero-order chi connectivity index (χ0) is 15.7. The Morgan fingerprint density at radius 2 is 1.86 bits per heavy atom. The summed E-state index contributed by atoms with van der Waals surface area (Å²) in [7, 11) is 3.44. The topological polar surface area (TPSA) is 31.2 Å². The summed E-state index contributed by atoms with van der Waals surface area (Å²) in [5, 5.41) is 1.10. The second-order valence-corrected chi connectivity index (χ2v) is 5.58. The van der Waals surface area contributed by atoms with Crippen LogP contribution in [-0.4, -0.2) is 17.6 Å². The highest BCUT2D eigenvalue weighted by Gasteiger charge is 2.26. The summed E-state index contributed by atoms with van der Waals surface area (Å²) in [5.74, 6) is -0.642. The molecule has 0 saturated carbocycles. The van der Waals surface area contributed by atoms with Crippen molar-refractivity contribution in [3.8, 4) is 0 Å². The first kappa shape index (κ1) is 14.4. The SMILES string of the molecule is COC(=O)C(c1ccccc1)c1cn(C)c2ccc(C)cc12. The number of hydrogen-bond donors (Lipinski definition) is 0. The van der Waals surface area contributed by atoms with Gasteiger partial charge < -0.3 is 9.30 Å². The summed E-state index contributed by atoms with van der Waals surface area (Å²) < 4.78 is 7.12. The Hall–Kier alpha value is -2.55. The number of aromatic nitrogens is 1. The number of aryl methyl sites for hydroxylation is 2. The van der Waals surface area contributed by atoms with E-state index in [4.69, 9.17) is 4.74 Å². The number of fused-ring (bicyclic) bond motifs is 1. The maximum atomic E-state index is 12.4. The molecule has 22 heavy (non-hydrogen) atoms. The Morgan fingerprint density at radius 1 is 1.14 bits per heavy atom. The molecule has 0 saturated heterocycles. The third kappa shape index (κ3) is 2.39. The van der Waals surface area contributed by atoms with Crippen molar-refractivity contribution in [1.82, 2.24) is 4.57 Å². The highest BCUT2D eigenvalue weighted by molar-refractivity contribution is 5.92. The molecule has 0 aliphatic heterocycles. The number of benzene rings is 2. The standard InChI is InChI=1S/C19H19NO2/c1-13-9-10-17-15(11-13)16(12-20(17)2)18(19(21)22-3)14-7-5-4-6-8-14/h4-12,18H,1-3H3. The van der Waals surface area contributed by atoms with E-state index in [0.29, 0.717) is 0 Å². The van der Waals surface area contributed by atoms with E-state index in [1.165, 1.54) is 12.7 Å². The highest BCUT2D eigenvalue weighted by Crippen LogP contribution is 2.33. The number of hydrogen-bond acceptors (Lipinski definition) is 2. The number of methoxy groups -OCH3 is 1. The molecule has 0 amide bonds. The molecule has 0 aliphatic rings. The largest absolute Gasteiger partial charge is 0.468 e. The molecule has 3 nitrogen and oxygen atoms in total. The normalized spacial score (nSPS) is 12.3. The minimum absolute atomic E-state index is 0.236. The molecule has 3 rings (SSSR count). The van der Waals surface area contributed by atoms with Crippen LogP contribution in [0, 0.1) is 6.92 Å². The molecule has 0 aliphatic carbocycles. The van der Waals surface area contributed by atoms with Crippen LogP contribution in [0.5, 0.6) is 0 Å². The molecule has 1 atom stereocenters. The van der Waals surface area contributed by atoms with Gasteiger partial charge in [0, 0.05) is 24.1 Å². The summed E-state index contributed by atoms with van der Waals surface area (Å²) in [5.41, 5.74) is 4.23.